The van der Waals surface area contributed by atoms with E-state index in [0.717, 1.165) is 0 Å². The first-order chi connectivity index (χ1) is 12.4. The van der Waals surface area contributed by atoms with Gasteiger partial charge in [0.2, 0.25) is 0 Å². The van der Waals surface area contributed by atoms with Gasteiger partial charge in [-0.05, 0) is 38.0 Å². The summed E-state index contributed by atoms with van der Waals surface area (Å²) in [6.07, 6.45) is -0.890. The normalized spacial score (nSPS) is 10.2. The number of carbonyl (C=O) groups excluding carboxylic acids is 3. The molecule has 0 radical (unpaired) electrons. The van der Waals surface area contributed by atoms with E-state index in [-0.39, 0.29) is 12.2 Å². The molecular weight excluding hydrogens is 342 g/mol. The highest BCUT2D eigenvalue weighted by Gasteiger charge is 2.16. The summed E-state index contributed by atoms with van der Waals surface area (Å²) < 4.78 is 20.6. The Kier molecular flexibility index (Phi) is 8.97. The van der Waals surface area contributed by atoms with Crippen LogP contribution in [0, 0.1) is 5.92 Å². The Hall–Kier alpha value is -2.77. The molecule has 0 aliphatic rings. The van der Waals surface area contributed by atoms with Crippen LogP contribution in [-0.2, 0) is 14.3 Å². The van der Waals surface area contributed by atoms with Crippen molar-refractivity contribution in [2.75, 3.05) is 26.4 Å². The van der Waals surface area contributed by atoms with Crippen LogP contribution in [0.25, 0.3) is 0 Å². The predicted octanol–water partition coefficient (Wildman–Crippen LogP) is 2.55. The molecule has 0 saturated heterocycles. The van der Waals surface area contributed by atoms with E-state index < -0.39 is 24.6 Å². The molecule has 0 saturated carbocycles. The van der Waals surface area contributed by atoms with Crippen molar-refractivity contribution in [3.8, 4) is 11.5 Å². The minimum atomic E-state index is -0.890. The van der Waals surface area contributed by atoms with E-state index in [1.54, 1.807) is 13.0 Å². The number of ether oxygens (including phenoxy) is 4. The molecule has 0 fully saturated rings. The maximum atomic E-state index is 12.1. The molecule has 0 atom stereocenters. The number of benzene rings is 1. The largest absolute Gasteiger partial charge is 0.490 e. The van der Waals surface area contributed by atoms with Crippen LogP contribution in [0.3, 0.4) is 0 Å². The van der Waals surface area contributed by atoms with Crippen LogP contribution in [0.1, 0.15) is 38.1 Å². The van der Waals surface area contributed by atoms with Gasteiger partial charge < -0.3 is 18.9 Å². The molecule has 8 nitrogen and oxygen atoms in total. The van der Waals surface area contributed by atoms with Crippen LogP contribution in [0.4, 0.5) is 4.79 Å². The van der Waals surface area contributed by atoms with Crippen molar-refractivity contribution in [1.29, 1.82) is 0 Å². The molecule has 0 heterocycles. The van der Waals surface area contributed by atoms with Gasteiger partial charge in [0.25, 0.3) is 5.91 Å². The number of alkyl carbamates (subject to hydrolysis) is 1. The molecule has 1 aromatic rings. The summed E-state index contributed by atoms with van der Waals surface area (Å²) in [7, 11) is 0. The zero-order valence-corrected chi connectivity index (χ0v) is 15.5. The molecule has 26 heavy (non-hydrogen) atoms. The molecule has 144 valence electrons. The van der Waals surface area contributed by atoms with Crippen LogP contribution in [0.15, 0.2) is 18.2 Å². The molecule has 8 heteroatoms. The average molecular weight is 367 g/mol. The van der Waals surface area contributed by atoms with E-state index in [2.05, 4.69) is 4.74 Å². The second-order valence-electron chi connectivity index (χ2n) is 5.64. The van der Waals surface area contributed by atoms with Gasteiger partial charge in [0.1, 0.15) is 0 Å². The van der Waals surface area contributed by atoms with Crippen LogP contribution in [0.2, 0.25) is 0 Å². The monoisotopic (exact) mass is 367 g/mol. The number of hydrogen-bond donors (Lipinski definition) is 1. The summed E-state index contributed by atoms with van der Waals surface area (Å²) in [5.41, 5.74) is 0.203. The van der Waals surface area contributed by atoms with E-state index in [1.807, 2.05) is 26.1 Å². The van der Waals surface area contributed by atoms with Crippen LogP contribution < -0.4 is 14.8 Å². The second-order valence-corrected chi connectivity index (χ2v) is 5.64. The Morgan fingerprint density at radius 2 is 1.73 bits per heavy atom. The third-order valence-electron chi connectivity index (χ3n) is 2.90. The highest BCUT2D eigenvalue weighted by Crippen LogP contribution is 2.29. The smallest absolute Gasteiger partial charge is 0.413 e. The summed E-state index contributed by atoms with van der Waals surface area (Å²) in [6, 6.07) is 4.62. The lowest BCUT2D eigenvalue weighted by Crippen LogP contribution is -2.34. The maximum Gasteiger partial charge on any atom is 0.413 e. The van der Waals surface area contributed by atoms with E-state index >= 15 is 0 Å². The van der Waals surface area contributed by atoms with Gasteiger partial charge in [-0.2, -0.15) is 0 Å². The molecule has 0 spiro atoms. The number of hydrogen-bond acceptors (Lipinski definition) is 7. The van der Waals surface area contributed by atoms with Crippen LogP contribution >= 0.6 is 0 Å². The lowest BCUT2D eigenvalue weighted by atomic mass is 10.2. The molecule has 2 amide bonds. The molecule has 1 aromatic carbocycles. The Morgan fingerprint density at radius 3 is 2.35 bits per heavy atom. The van der Waals surface area contributed by atoms with E-state index in [4.69, 9.17) is 14.2 Å². The molecule has 0 aromatic heterocycles. The van der Waals surface area contributed by atoms with Crippen molar-refractivity contribution in [3.05, 3.63) is 23.8 Å². The fourth-order valence-corrected chi connectivity index (χ4v) is 1.81. The molecular formula is C18H25NO7. The first-order valence-corrected chi connectivity index (χ1v) is 8.40. The summed E-state index contributed by atoms with van der Waals surface area (Å²) >= 11 is 0. The van der Waals surface area contributed by atoms with E-state index in [1.165, 1.54) is 12.1 Å². The highest BCUT2D eigenvalue weighted by atomic mass is 16.6. The fraction of sp³-hybridized carbons (Fsp3) is 0.500. The van der Waals surface area contributed by atoms with Crippen LogP contribution in [-0.4, -0.2) is 44.4 Å². The zero-order chi connectivity index (χ0) is 19.5. The van der Waals surface area contributed by atoms with E-state index in [9.17, 15) is 14.4 Å². The van der Waals surface area contributed by atoms with Gasteiger partial charge in [-0.25, -0.2) is 9.59 Å². The van der Waals surface area contributed by atoms with Gasteiger partial charge in [0.05, 0.1) is 25.4 Å². The second kappa shape index (κ2) is 11.0. The first-order valence-electron chi connectivity index (χ1n) is 8.40. The Labute approximate surface area is 152 Å². The number of nitrogens with one attached hydrogen (secondary N) is 1. The standard InChI is InChI=1S/C18H25NO7/c1-5-23-15-9-13(7-8-14(15)25-10-12(3)4)17(21)26-11-16(20)19-18(22)24-6-2/h7-9,12H,5-6,10-11H2,1-4H3,(H,19,20,22). The van der Waals surface area contributed by atoms with Gasteiger partial charge in [-0.3, -0.25) is 10.1 Å². The van der Waals surface area contributed by atoms with Gasteiger partial charge in [0.15, 0.2) is 18.1 Å². The van der Waals surface area contributed by atoms with Crippen molar-refractivity contribution in [2.24, 2.45) is 5.92 Å². The Morgan fingerprint density at radius 1 is 1.00 bits per heavy atom. The number of rotatable bonds is 9. The van der Waals surface area contributed by atoms with Gasteiger partial charge >= 0.3 is 12.1 Å². The van der Waals surface area contributed by atoms with Gasteiger partial charge in [-0.15, -0.1) is 0 Å². The maximum absolute atomic E-state index is 12.1. The third-order valence-corrected chi connectivity index (χ3v) is 2.90. The topological polar surface area (TPSA) is 100 Å². The summed E-state index contributed by atoms with van der Waals surface area (Å²) in [5, 5.41) is 1.93. The highest BCUT2D eigenvalue weighted by molar-refractivity contribution is 5.95. The number of esters is 1. The molecule has 0 unspecified atom stereocenters. The Bertz CT molecular complexity index is 628. The number of amides is 2. The minimum absolute atomic E-state index is 0.129. The van der Waals surface area contributed by atoms with Crippen molar-refractivity contribution >= 4 is 18.0 Å². The SMILES string of the molecule is CCOC(=O)NC(=O)COC(=O)c1ccc(OCC(C)C)c(OCC)c1. The quantitative estimate of drug-likeness (QED) is 0.669. The minimum Gasteiger partial charge on any atom is -0.490 e. The molecule has 0 bridgehead atoms. The van der Waals surface area contributed by atoms with E-state index in [0.29, 0.717) is 30.6 Å². The summed E-state index contributed by atoms with van der Waals surface area (Å²) in [6.45, 7) is 7.90. The first kappa shape index (κ1) is 21.3. The van der Waals surface area contributed by atoms with Gasteiger partial charge in [-0.1, -0.05) is 13.8 Å². The number of imide groups is 1. The van der Waals surface area contributed by atoms with Crippen molar-refractivity contribution in [1.82, 2.24) is 5.32 Å². The van der Waals surface area contributed by atoms with Crippen LogP contribution in [0.5, 0.6) is 11.5 Å². The Balaban J connectivity index is 2.69. The average Bonchev–Trinajstić information content (AvgIpc) is 2.58. The fourth-order valence-electron chi connectivity index (χ4n) is 1.81. The van der Waals surface area contributed by atoms with Gasteiger partial charge in [0, 0.05) is 0 Å². The lowest BCUT2D eigenvalue weighted by Gasteiger charge is -2.14. The third kappa shape index (κ3) is 7.42. The predicted molar refractivity (Wildman–Crippen MR) is 93.4 cm³/mol. The lowest BCUT2D eigenvalue weighted by molar-refractivity contribution is -0.123. The number of carbonyl (C=O) groups is 3. The zero-order valence-electron chi connectivity index (χ0n) is 15.5. The molecule has 0 aliphatic carbocycles. The molecule has 0 aliphatic heterocycles. The summed E-state index contributed by atoms with van der Waals surface area (Å²) in [4.78, 5) is 34.7. The molecule has 1 N–H and O–H groups in total. The van der Waals surface area contributed by atoms with Crippen molar-refractivity contribution < 1.29 is 33.3 Å². The van der Waals surface area contributed by atoms with Crippen molar-refractivity contribution in [3.63, 3.8) is 0 Å². The van der Waals surface area contributed by atoms with Crippen molar-refractivity contribution in [2.45, 2.75) is 27.7 Å². The molecule has 1 rings (SSSR count). The summed E-state index contributed by atoms with van der Waals surface area (Å²) in [5.74, 6) is -0.221.